The van der Waals surface area contributed by atoms with Gasteiger partial charge in [0, 0.05) is 18.7 Å². The van der Waals surface area contributed by atoms with Crippen molar-refractivity contribution in [2.24, 2.45) is 4.99 Å². The Hall–Kier alpha value is -2.14. The fourth-order valence-electron chi connectivity index (χ4n) is 2.51. The Balaban J connectivity index is 0.00000420. The summed E-state index contributed by atoms with van der Waals surface area (Å²) < 4.78 is 34.7. The van der Waals surface area contributed by atoms with Crippen LogP contribution in [0.25, 0.3) is 0 Å². The van der Waals surface area contributed by atoms with Gasteiger partial charge >= 0.3 is 6.61 Å². The Labute approximate surface area is 186 Å². The molecule has 0 aliphatic rings. The van der Waals surface area contributed by atoms with E-state index in [9.17, 15) is 13.9 Å². The number of benzene rings is 2. The number of nitrogens with zero attached hydrogens (tertiary/aromatic N) is 1. The summed E-state index contributed by atoms with van der Waals surface area (Å²) in [4.78, 5) is 4.38. The Bertz CT molecular complexity index is 778. The summed E-state index contributed by atoms with van der Waals surface area (Å²) in [6.45, 7) is -0.0175. The van der Waals surface area contributed by atoms with Gasteiger partial charge in [0.2, 0.25) is 0 Å². The lowest BCUT2D eigenvalue weighted by atomic mass is 10.1. The number of aliphatic hydroxyl groups is 1. The van der Waals surface area contributed by atoms with Crippen molar-refractivity contribution in [2.75, 3.05) is 20.2 Å². The number of guanidine groups is 1. The summed E-state index contributed by atoms with van der Waals surface area (Å²) >= 11 is 0. The minimum atomic E-state index is -2.89. The van der Waals surface area contributed by atoms with Gasteiger partial charge in [0.15, 0.2) is 5.96 Å². The maximum atomic E-state index is 12.5. The molecule has 0 bridgehead atoms. The van der Waals surface area contributed by atoms with Crippen LogP contribution in [0.15, 0.2) is 53.5 Å². The zero-order chi connectivity index (χ0) is 20.4. The molecule has 0 heterocycles. The number of rotatable bonds is 9. The molecule has 6 nitrogen and oxygen atoms in total. The van der Waals surface area contributed by atoms with Crippen LogP contribution in [-0.4, -0.2) is 37.9 Å². The number of para-hydroxylation sites is 1. The fraction of sp³-hybridized carbons (Fsp3) is 0.350. The summed E-state index contributed by atoms with van der Waals surface area (Å²) in [5.41, 5.74) is 1.24. The van der Waals surface area contributed by atoms with E-state index in [0.29, 0.717) is 29.4 Å². The molecule has 3 N–H and O–H groups in total. The molecule has 0 aromatic heterocycles. The molecule has 0 fully saturated rings. The van der Waals surface area contributed by atoms with Gasteiger partial charge in [0.05, 0.1) is 19.8 Å². The minimum absolute atomic E-state index is 0. The lowest BCUT2D eigenvalue weighted by molar-refractivity contribution is -0.0504. The number of aliphatic hydroxyl groups excluding tert-OH is 1. The number of halogens is 3. The van der Waals surface area contributed by atoms with Crippen LogP contribution in [0, 0.1) is 0 Å². The van der Waals surface area contributed by atoms with Crippen molar-refractivity contribution in [3.05, 3.63) is 59.7 Å². The summed E-state index contributed by atoms with van der Waals surface area (Å²) in [5.74, 6) is 1.21. The number of hydrogen-bond donors (Lipinski definition) is 3. The van der Waals surface area contributed by atoms with E-state index in [2.05, 4.69) is 20.4 Å². The number of ether oxygens (including phenoxy) is 2. The summed E-state index contributed by atoms with van der Waals surface area (Å²) in [6.07, 6.45) is -0.770. The molecule has 2 aromatic carbocycles. The van der Waals surface area contributed by atoms with Crippen molar-refractivity contribution >= 4 is 29.9 Å². The largest absolute Gasteiger partial charge is 0.497 e. The molecule has 0 aliphatic carbocycles. The molecule has 0 aliphatic heterocycles. The standard InChI is InChI=1S/C20H25F2N3O3.HI/c1-3-23-20(24-12-15-7-4-5-10-18(15)28-19(21)22)25-13-17(26)14-8-6-9-16(11-14)27-2;/h4-11,17,19,26H,3,12-13H2,1-2H3,(H2,23,24,25);1H. The molecule has 160 valence electrons. The highest BCUT2D eigenvalue weighted by Gasteiger charge is 2.11. The van der Waals surface area contributed by atoms with Crippen LogP contribution in [0.2, 0.25) is 0 Å². The Kier molecular flexibility index (Phi) is 11.3. The van der Waals surface area contributed by atoms with Gasteiger partial charge in [-0.2, -0.15) is 8.78 Å². The second kappa shape index (κ2) is 13.2. The van der Waals surface area contributed by atoms with E-state index in [1.165, 1.54) is 6.07 Å². The van der Waals surface area contributed by atoms with E-state index in [0.717, 1.165) is 0 Å². The fourth-order valence-corrected chi connectivity index (χ4v) is 2.51. The highest BCUT2D eigenvalue weighted by molar-refractivity contribution is 14.0. The monoisotopic (exact) mass is 521 g/mol. The van der Waals surface area contributed by atoms with E-state index >= 15 is 0 Å². The maximum absolute atomic E-state index is 12.5. The van der Waals surface area contributed by atoms with E-state index in [1.54, 1.807) is 49.6 Å². The smallest absolute Gasteiger partial charge is 0.387 e. The minimum Gasteiger partial charge on any atom is -0.497 e. The van der Waals surface area contributed by atoms with Crippen molar-refractivity contribution in [3.8, 4) is 11.5 Å². The first-order valence-electron chi connectivity index (χ1n) is 8.90. The van der Waals surface area contributed by atoms with Crippen LogP contribution in [0.4, 0.5) is 8.78 Å². The van der Waals surface area contributed by atoms with E-state index in [-0.39, 0.29) is 42.8 Å². The van der Waals surface area contributed by atoms with Crippen molar-refractivity contribution in [2.45, 2.75) is 26.2 Å². The highest BCUT2D eigenvalue weighted by atomic mass is 127. The van der Waals surface area contributed by atoms with Gasteiger partial charge in [-0.15, -0.1) is 24.0 Å². The summed E-state index contributed by atoms with van der Waals surface area (Å²) in [7, 11) is 1.56. The highest BCUT2D eigenvalue weighted by Crippen LogP contribution is 2.21. The maximum Gasteiger partial charge on any atom is 0.387 e. The molecule has 0 saturated carbocycles. The van der Waals surface area contributed by atoms with Gasteiger partial charge in [0.1, 0.15) is 11.5 Å². The molecule has 0 radical (unpaired) electrons. The van der Waals surface area contributed by atoms with E-state index in [1.807, 2.05) is 6.92 Å². The third-order valence-electron chi connectivity index (χ3n) is 3.88. The predicted octanol–water partition coefficient (Wildman–Crippen LogP) is 3.70. The first kappa shape index (κ1) is 24.9. The molecule has 29 heavy (non-hydrogen) atoms. The van der Waals surface area contributed by atoms with Crippen molar-refractivity contribution in [3.63, 3.8) is 0 Å². The SMILES string of the molecule is CCNC(=NCc1ccccc1OC(F)F)NCC(O)c1cccc(OC)c1.I. The second-order valence-corrected chi connectivity index (χ2v) is 5.85. The molecular weight excluding hydrogens is 495 g/mol. The third-order valence-corrected chi connectivity index (χ3v) is 3.88. The van der Waals surface area contributed by atoms with Crippen LogP contribution in [-0.2, 0) is 6.54 Å². The lowest BCUT2D eigenvalue weighted by Gasteiger charge is -2.16. The average molecular weight is 521 g/mol. The molecular formula is C20H26F2IN3O3. The zero-order valence-corrected chi connectivity index (χ0v) is 18.6. The van der Waals surface area contributed by atoms with Gasteiger partial charge in [-0.3, -0.25) is 0 Å². The van der Waals surface area contributed by atoms with Gasteiger partial charge in [-0.25, -0.2) is 4.99 Å². The molecule has 2 aromatic rings. The van der Waals surface area contributed by atoms with Crippen LogP contribution < -0.4 is 20.1 Å². The van der Waals surface area contributed by atoms with Crippen LogP contribution in [0.5, 0.6) is 11.5 Å². The lowest BCUT2D eigenvalue weighted by Crippen LogP contribution is -2.39. The molecule has 1 atom stereocenters. The first-order valence-corrected chi connectivity index (χ1v) is 8.90. The number of alkyl halides is 2. The van der Waals surface area contributed by atoms with Gasteiger partial charge in [0.25, 0.3) is 0 Å². The predicted molar refractivity (Wildman–Crippen MR) is 119 cm³/mol. The Morgan fingerprint density at radius 3 is 2.59 bits per heavy atom. The zero-order valence-electron chi connectivity index (χ0n) is 16.3. The van der Waals surface area contributed by atoms with E-state index in [4.69, 9.17) is 4.74 Å². The van der Waals surface area contributed by atoms with Crippen LogP contribution in [0.1, 0.15) is 24.2 Å². The quantitative estimate of drug-likeness (QED) is 0.267. The topological polar surface area (TPSA) is 75.1 Å². The number of nitrogens with one attached hydrogen (secondary N) is 2. The van der Waals surface area contributed by atoms with Crippen LogP contribution >= 0.6 is 24.0 Å². The Morgan fingerprint density at radius 1 is 1.14 bits per heavy atom. The second-order valence-electron chi connectivity index (χ2n) is 5.85. The van der Waals surface area contributed by atoms with Crippen molar-refractivity contribution < 1.29 is 23.4 Å². The van der Waals surface area contributed by atoms with Gasteiger partial charge in [-0.05, 0) is 30.7 Å². The number of hydrogen-bond acceptors (Lipinski definition) is 4. The van der Waals surface area contributed by atoms with Crippen molar-refractivity contribution in [1.82, 2.24) is 10.6 Å². The normalized spacial score (nSPS) is 12.1. The van der Waals surface area contributed by atoms with E-state index < -0.39 is 12.7 Å². The molecule has 0 amide bonds. The van der Waals surface area contributed by atoms with Gasteiger partial charge in [-0.1, -0.05) is 30.3 Å². The Morgan fingerprint density at radius 2 is 1.90 bits per heavy atom. The number of aliphatic imine (C=N–C) groups is 1. The van der Waals surface area contributed by atoms with Crippen LogP contribution in [0.3, 0.4) is 0 Å². The average Bonchev–Trinajstić information content (AvgIpc) is 2.70. The molecule has 0 spiro atoms. The molecule has 0 saturated heterocycles. The molecule has 1 unspecified atom stereocenters. The van der Waals surface area contributed by atoms with Gasteiger partial charge < -0.3 is 25.2 Å². The van der Waals surface area contributed by atoms with Crippen molar-refractivity contribution in [1.29, 1.82) is 0 Å². The molecule has 2 rings (SSSR count). The third kappa shape index (κ3) is 8.40. The number of methoxy groups -OCH3 is 1. The summed E-state index contributed by atoms with van der Waals surface area (Å²) in [6, 6.07) is 13.7. The summed E-state index contributed by atoms with van der Waals surface area (Å²) in [5, 5.41) is 16.5. The molecule has 9 heteroatoms. The first-order chi connectivity index (χ1) is 13.5.